The van der Waals surface area contributed by atoms with Gasteiger partial charge in [0.15, 0.2) is 0 Å². The smallest absolute Gasteiger partial charge is 0.0366 e. The van der Waals surface area contributed by atoms with E-state index in [0.29, 0.717) is 0 Å². The first-order valence-electron chi connectivity index (χ1n) is 7.89. The van der Waals surface area contributed by atoms with E-state index in [1.165, 1.54) is 37.8 Å². The molecular weight excluding hydrogens is 232 g/mol. The maximum Gasteiger partial charge on any atom is 0.0366 e. The summed E-state index contributed by atoms with van der Waals surface area (Å²) in [4.78, 5) is 2.42. The molecule has 1 N–H and O–H groups in total. The normalized spacial score (nSPS) is 10.6. The van der Waals surface area contributed by atoms with E-state index in [2.05, 4.69) is 54.4 Å². The lowest BCUT2D eigenvalue weighted by Crippen LogP contribution is -2.32. The fourth-order valence-electron chi connectivity index (χ4n) is 2.30. The van der Waals surface area contributed by atoms with Crippen LogP contribution in [-0.4, -0.2) is 26.2 Å². The van der Waals surface area contributed by atoms with Crippen molar-refractivity contribution in [3.05, 3.63) is 30.3 Å². The molecule has 1 aromatic rings. The van der Waals surface area contributed by atoms with Gasteiger partial charge in [-0.3, -0.25) is 0 Å². The maximum absolute atomic E-state index is 3.56. The first-order chi connectivity index (χ1) is 9.38. The van der Waals surface area contributed by atoms with Crippen LogP contribution in [0.1, 0.15) is 46.0 Å². The predicted molar refractivity (Wildman–Crippen MR) is 86.0 cm³/mol. The highest BCUT2D eigenvalue weighted by Gasteiger charge is 2.01. The average molecular weight is 262 g/mol. The molecule has 2 nitrogen and oxygen atoms in total. The van der Waals surface area contributed by atoms with Crippen LogP contribution in [0.5, 0.6) is 0 Å². The molecule has 0 amide bonds. The Morgan fingerprint density at radius 2 is 1.63 bits per heavy atom. The van der Waals surface area contributed by atoms with Crippen molar-refractivity contribution in [2.24, 2.45) is 0 Å². The number of unbranched alkanes of at least 4 members (excludes halogenated alkanes) is 4. The third-order valence-electron chi connectivity index (χ3n) is 3.52. The monoisotopic (exact) mass is 262 g/mol. The molecule has 0 aromatic heterocycles. The lowest BCUT2D eigenvalue weighted by Gasteiger charge is -2.23. The topological polar surface area (TPSA) is 15.3 Å². The van der Waals surface area contributed by atoms with Crippen molar-refractivity contribution in [1.82, 2.24) is 5.32 Å². The summed E-state index contributed by atoms with van der Waals surface area (Å²) in [6.07, 6.45) is 6.80. The minimum atomic E-state index is 1.07. The molecule has 1 rings (SSSR count). The Labute approximate surface area is 119 Å². The molecule has 0 fully saturated rings. The molecule has 0 saturated heterocycles. The number of nitrogens with one attached hydrogen (secondary N) is 1. The van der Waals surface area contributed by atoms with Crippen LogP contribution in [0.3, 0.4) is 0 Å². The second kappa shape index (κ2) is 10.9. The second-order valence-corrected chi connectivity index (χ2v) is 5.08. The molecule has 0 aliphatic heterocycles. The van der Waals surface area contributed by atoms with Gasteiger partial charge in [-0.1, -0.05) is 50.8 Å². The lowest BCUT2D eigenvalue weighted by atomic mass is 10.1. The summed E-state index contributed by atoms with van der Waals surface area (Å²) in [5.74, 6) is 0. The zero-order chi connectivity index (χ0) is 13.8. The third kappa shape index (κ3) is 7.22. The van der Waals surface area contributed by atoms with Crippen LogP contribution < -0.4 is 10.2 Å². The maximum atomic E-state index is 3.56. The van der Waals surface area contributed by atoms with Gasteiger partial charge in [0, 0.05) is 25.3 Å². The predicted octanol–water partition coefficient (Wildman–Crippen LogP) is 4.07. The molecule has 0 bridgehead atoms. The van der Waals surface area contributed by atoms with Crippen molar-refractivity contribution in [3.63, 3.8) is 0 Å². The highest BCUT2D eigenvalue weighted by molar-refractivity contribution is 5.45. The summed E-state index contributed by atoms with van der Waals surface area (Å²) in [5, 5.41) is 3.56. The first-order valence-corrected chi connectivity index (χ1v) is 7.89. The largest absolute Gasteiger partial charge is 0.371 e. The van der Waals surface area contributed by atoms with Gasteiger partial charge in [0.05, 0.1) is 0 Å². The number of anilines is 1. The number of para-hydroxylation sites is 1. The van der Waals surface area contributed by atoms with Crippen molar-refractivity contribution in [1.29, 1.82) is 0 Å². The lowest BCUT2D eigenvalue weighted by molar-refractivity contribution is 0.581. The molecule has 2 heteroatoms. The van der Waals surface area contributed by atoms with Crippen LogP contribution in [0, 0.1) is 0 Å². The number of rotatable bonds is 11. The summed E-state index contributed by atoms with van der Waals surface area (Å²) >= 11 is 0. The van der Waals surface area contributed by atoms with E-state index in [1.807, 2.05) is 0 Å². The Morgan fingerprint density at radius 3 is 2.32 bits per heavy atom. The molecule has 0 unspecified atom stereocenters. The standard InChI is InChI=1S/C17H30N2/c1-3-5-6-7-11-14-18-15-16-19(4-2)17-12-9-8-10-13-17/h8-10,12-13,18H,3-7,11,14-16H2,1-2H3. The number of hydrogen-bond acceptors (Lipinski definition) is 2. The Morgan fingerprint density at radius 1 is 0.895 bits per heavy atom. The molecular formula is C17H30N2. The van der Waals surface area contributed by atoms with Gasteiger partial charge in [-0.25, -0.2) is 0 Å². The van der Waals surface area contributed by atoms with Crippen LogP contribution in [0.4, 0.5) is 5.69 Å². The zero-order valence-electron chi connectivity index (χ0n) is 12.7. The summed E-state index contributed by atoms with van der Waals surface area (Å²) in [5.41, 5.74) is 1.33. The van der Waals surface area contributed by atoms with Gasteiger partial charge in [-0.2, -0.15) is 0 Å². The molecule has 0 radical (unpaired) electrons. The highest BCUT2D eigenvalue weighted by Crippen LogP contribution is 2.11. The number of benzene rings is 1. The second-order valence-electron chi connectivity index (χ2n) is 5.08. The van der Waals surface area contributed by atoms with Gasteiger partial charge in [-0.15, -0.1) is 0 Å². The van der Waals surface area contributed by atoms with E-state index in [4.69, 9.17) is 0 Å². The Bertz CT molecular complexity index is 297. The fourth-order valence-corrected chi connectivity index (χ4v) is 2.30. The van der Waals surface area contributed by atoms with Gasteiger partial charge >= 0.3 is 0 Å². The molecule has 1 aromatic carbocycles. The van der Waals surface area contributed by atoms with Crippen LogP contribution in [0.25, 0.3) is 0 Å². The van der Waals surface area contributed by atoms with Gasteiger partial charge in [-0.05, 0) is 32.0 Å². The highest BCUT2D eigenvalue weighted by atomic mass is 15.1. The van der Waals surface area contributed by atoms with E-state index >= 15 is 0 Å². The molecule has 0 aliphatic rings. The average Bonchev–Trinajstić information content (AvgIpc) is 2.47. The van der Waals surface area contributed by atoms with Gasteiger partial charge in [0.1, 0.15) is 0 Å². The van der Waals surface area contributed by atoms with E-state index in [9.17, 15) is 0 Å². The minimum absolute atomic E-state index is 1.07. The first kappa shape index (κ1) is 16.0. The number of hydrogen-bond donors (Lipinski definition) is 1. The minimum Gasteiger partial charge on any atom is -0.371 e. The Hall–Kier alpha value is -1.02. The van der Waals surface area contributed by atoms with Crippen molar-refractivity contribution in [2.75, 3.05) is 31.1 Å². The van der Waals surface area contributed by atoms with Gasteiger partial charge in [0.2, 0.25) is 0 Å². The van der Waals surface area contributed by atoms with Gasteiger partial charge in [0.25, 0.3) is 0 Å². The quantitative estimate of drug-likeness (QED) is 0.605. The van der Waals surface area contributed by atoms with Crippen molar-refractivity contribution in [3.8, 4) is 0 Å². The van der Waals surface area contributed by atoms with Crippen LogP contribution in [0.15, 0.2) is 30.3 Å². The van der Waals surface area contributed by atoms with Gasteiger partial charge < -0.3 is 10.2 Å². The SMILES string of the molecule is CCCCCCCNCCN(CC)c1ccccc1. The molecule has 108 valence electrons. The Kier molecular flexibility index (Phi) is 9.17. The fraction of sp³-hybridized carbons (Fsp3) is 0.647. The van der Waals surface area contributed by atoms with Crippen molar-refractivity contribution in [2.45, 2.75) is 46.0 Å². The molecule has 0 spiro atoms. The van der Waals surface area contributed by atoms with Crippen LogP contribution in [0.2, 0.25) is 0 Å². The summed E-state index contributed by atoms with van der Waals surface area (Å²) in [7, 11) is 0. The molecule has 0 heterocycles. The van der Waals surface area contributed by atoms with E-state index in [-0.39, 0.29) is 0 Å². The number of nitrogens with zero attached hydrogens (tertiary/aromatic N) is 1. The van der Waals surface area contributed by atoms with E-state index in [0.717, 1.165) is 26.2 Å². The molecule has 0 saturated carbocycles. The molecule has 19 heavy (non-hydrogen) atoms. The summed E-state index contributed by atoms with van der Waals surface area (Å²) < 4.78 is 0. The van der Waals surface area contributed by atoms with E-state index in [1.54, 1.807) is 0 Å². The number of likely N-dealkylation sites (N-methyl/N-ethyl adjacent to an activating group) is 1. The molecule has 0 atom stereocenters. The Balaban J connectivity index is 2.07. The van der Waals surface area contributed by atoms with Crippen LogP contribution >= 0.6 is 0 Å². The van der Waals surface area contributed by atoms with E-state index < -0.39 is 0 Å². The van der Waals surface area contributed by atoms with Crippen LogP contribution in [-0.2, 0) is 0 Å². The summed E-state index contributed by atoms with van der Waals surface area (Å²) in [6, 6.07) is 10.7. The molecule has 0 aliphatic carbocycles. The van der Waals surface area contributed by atoms with Crippen molar-refractivity contribution >= 4 is 5.69 Å². The zero-order valence-corrected chi connectivity index (χ0v) is 12.7. The summed E-state index contributed by atoms with van der Waals surface area (Å²) in [6.45, 7) is 8.89. The van der Waals surface area contributed by atoms with Crippen molar-refractivity contribution < 1.29 is 0 Å². The third-order valence-corrected chi connectivity index (χ3v) is 3.52.